The van der Waals surface area contributed by atoms with Crippen LogP contribution in [0, 0.1) is 0 Å². The average molecular weight is 192 g/mol. The molecule has 0 aliphatic heterocycles. The summed E-state index contributed by atoms with van der Waals surface area (Å²) in [6.45, 7) is 0. The minimum absolute atomic E-state index is 0.121. The number of nitrogens with one attached hydrogen (secondary N) is 1. The summed E-state index contributed by atoms with van der Waals surface area (Å²) in [6.07, 6.45) is 0. The van der Waals surface area contributed by atoms with Crippen LogP contribution in [0.5, 0.6) is 5.75 Å². The van der Waals surface area contributed by atoms with Crippen LogP contribution in [-0.2, 0) is 0 Å². The first-order valence-corrected chi connectivity index (χ1v) is 3.86. The summed E-state index contributed by atoms with van der Waals surface area (Å²) < 4.78 is 0. The molecule has 1 aromatic heterocycles. The van der Waals surface area contributed by atoms with Gasteiger partial charge in [0, 0.05) is 5.56 Å². The summed E-state index contributed by atoms with van der Waals surface area (Å²) >= 11 is 0. The number of phenolic OH excluding ortho intramolecular Hbond substituents is 1. The van der Waals surface area contributed by atoms with Crippen molar-refractivity contribution in [1.82, 2.24) is 9.97 Å². The molecule has 6 nitrogen and oxygen atoms in total. The minimum Gasteiger partial charge on any atom is -0.506 e. The van der Waals surface area contributed by atoms with Crippen LogP contribution in [0.15, 0.2) is 12.1 Å². The fraction of sp³-hybridized carbons (Fsp3) is 0. The number of fused-ring (bicyclic) bond motifs is 1. The van der Waals surface area contributed by atoms with E-state index in [1.807, 2.05) is 0 Å². The van der Waals surface area contributed by atoms with Crippen molar-refractivity contribution >= 4 is 22.9 Å². The van der Waals surface area contributed by atoms with Gasteiger partial charge in [-0.2, -0.15) is 0 Å². The fourth-order valence-electron chi connectivity index (χ4n) is 1.26. The molecular formula is C8H8N4O2. The number of aromatic hydroxyl groups is 1. The number of hydrogen-bond acceptors (Lipinski definition) is 4. The molecule has 0 aliphatic rings. The van der Waals surface area contributed by atoms with Gasteiger partial charge in [0.25, 0.3) is 0 Å². The van der Waals surface area contributed by atoms with Gasteiger partial charge in [0.1, 0.15) is 11.3 Å². The quantitative estimate of drug-likeness (QED) is 0.506. The number of carbonyl (C=O) groups is 1. The molecule has 1 heterocycles. The van der Waals surface area contributed by atoms with Crippen molar-refractivity contribution in [2.45, 2.75) is 0 Å². The second-order valence-corrected chi connectivity index (χ2v) is 2.88. The zero-order valence-electron chi connectivity index (χ0n) is 7.11. The normalized spacial score (nSPS) is 10.6. The van der Waals surface area contributed by atoms with E-state index in [9.17, 15) is 9.90 Å². The number of primary amides is 1. The number of benzene rings is 1. The Morgan fingerprint density at radius 2 is 2.21 bits per heavy atom. The highest BCUT2D eigenvalue weighted by atomic mass is 16.3. The molecule has 1 amide bonds. The average Bonchev–Trinajstić information content (AvgIpc) is 2.45. The van der Waals surface area contributed by atoms with E-state index in [1.165, 1.54) is 12.1 Å². The van der Waals surface area contributed by atoms with E-state index in [2.05, 4.69) is 9.97 Å². The maximum absolute atomic E-state index is 10.8. The van der Waals surface area contributed by atoms with E-state index < -0.39 is 5.91 Å². The summed E-state index contributed by atoms with van der Waals surface area (Å²) in [5, 5.41) is 9.47. The zero-order chi connectivity index (χ0) is 10.3. The maximum atomic E-state index is 10.8. The Morgan fingerprint density at radius 1 is 1.50 bits per heavy atom. The zero-order valence-corrected chi connectivity index (χ0v) is 7.11. The van der Waals surface area contributed by atoms with Crippen molar-refractivity contribution in [3.8, 4) is 5.75 Å². The second kappa shape index (κ2) is 2.63. The second-order valence-electron chi connectivity index (χ2n) is 2.88. The number of nitrogens with two attached hydrogens (primary N) is 2. The molecule has 0 saturated heterocycles. The lowest BCUT2D eigenvalue weighted by molar-refractivity contribution is 0.1000. The van der Waals surface area contributed by atoms with Crippen molar-refractivity contribution in [3.05, 3.63) is 17.7 Å². The molecule has 6 N–H and O–H groups in total. The van der Waals surface area contributed by atoms with Crippen LogP contribution in [-0.4, -0.2) is 21.0 Å². The minimum atomic E-state index is -0.615. The number of aromatic amines is 1. The van der Waals surface area contributed by atoms with E-state index >= 15 is 0 Å². The third-order valence-electron chi connectivity index (χ3n) is 1.87. The first-order valence-electron chi connectivity index (χ1n) is 3.86. The first kappa shape index (κ1) is 8.36. The van der Waals surface area contributed by atoms with Gasteiger partial charge < -0.3 is 21.6 Å². The number of nitrogens with zero attached hydrogens (tertiary/aromatic N) is 1. The number of hydrogen-bond donors (Lipinski definition) is 4. The van der Waals surface area contributed by atoms with Gasteiger partial charge in [-0.25, -0.2) is 4.98 Å². The third-order valence-corrected chi connectivity index (χ3v) is 1.87. The molecule has 0 atom stereocenters. The topological polar surface area (TPSA) is 118 Å². The summed E-state index contributed by atoms with van der Waals surface area (Å²) in [5.74, 6) is -0.559. The number of nitrogen functional groups attached to an aromatic ring is 1. The maximum Gasteiger partial charge on any atom is 0.248 e. The van der Waals surface area contributed by atoms with Gasteiger partial charge in [-0.3, -0.25) is 4.79 Å². The Hall–Kier alpha value is -2.24. The van der Waals surface area contributed by atoms with Gasteiger partial charge in [-0.15, -0.1) is 0 Å². The van der Waals surface area contributed by atoms with Gasteiger partial charge in [0.2, 0.25) is 5.91 Å². The molecule has 1 aromatic carbocycles. The number of phenols is 1. The molecule has 14 heavy (non-hydrogen) atoms. The summed E-state index contributed by atoms with van der Waals surface area (Å²) in [5.41, 5.74) is 11.5. The first-order chi connectivity index (χ1) is 6.58. The van der Waals surface area contributed by atoms with Crippen molar-refractivity contribution in [2.24, 2.45) is 5.73 Å². The molecule has 0 saturated carbocycles. The Morgan fingerprint density at radius 3 is 2.86 bits per heavy atom. The van der Waals surface area contributed by atoms with Crippen LogP contribution < -0.4 is 11.5 Å². The number of anilines is 1. The highest BCUT2D eigenvalue weighted by Gasteiger charge is 2.09. The Labute approximate surface area is 78.5 Å². The van der Waals surface area contributed by atoms with Gasteiger partial charge in [-0.05, 0) is 12.1 Å². The molecule has 0 spiro atoms. The lowest BCUT2D eigenvalue weighted by Crippen LogP contribution is -2.10. The van der Waals surface area contributed by atoms with E-state index in [4.69, 9.17) is 11.5 Å². The standard InChI is InChI=1S/C8H8N4O2/c9-7(14)3-1-4-6(5(13)2-3)12-8(10)11-4/h1-2,13H,(H2,9,14)(H3,10,11,12). The predicted octanol–water partition coefficient (Wildman–Crippen LogP) is -0.0504. The molecule has 0 fully saturated rings. The highest BCUT2D eigenvalue weighted by Crippen LogP contribution is 2.24. The van der Waals surface area contributed by atoms with Gasteiger partial charge >= 0.3 is 0 Å². The van der Waals surface area contributed by atoms with Crippen molar-refractivity contribution < 1.29 is 9.90 Å². The predicted molar refractivity (Wildman–Crippen MR) is 50.7 cm³/mol. The number of amides is 1. The lowest BCUT2D eigenvalue weighted by atomic mass is 10.2. The number of H-pyrrole nitrogens is 1. The third kappa shape index (κ3) is 1.13. The van der Waals surface area contributed by atoms with Gasteiger partial charge in [-0.1, -0.05) is 0 Å². The molecule has 72 valence electrons. The number of imidazole rings is 1. The van der Waals surface area contributed by atoms with E-state index in [1.54, 1.807) is 0 Å². The van der Waals surface area contributed by atoms with Crippen LogP contribution in [0.4, 0.5) is 5.95 Å². The Balaban J connectivity index is 2.77. The number of rotatable bonds is 1. The highest BCUT2D eigenvalue weighted by molar-refractivity contribution is 5.98. The van der Waals surface area contributed by atoms with Crippen molar-refractivity contribution in [3.63, 3.8) is 0 Å². The van der Waals surface area contributed by atoms with Crippen molar-refractivity contribution in [1.29, 1.82) is 0 Å². The summed E-state index contributed by atoms with van der Waals surface area (Å²) in [4.78, 5) is 17.4. The van der Waals surface area contributed by atoms with Crippen LogP contribution in [0.3, 0.4) is 0 Å². The Kier molecular flexibility index (Phi) is 1.57. The van der Waals surface area contributed by atoms with Crippen LogP contribution in [0.25, 0.3) is 11.0 Å². The molecular weight excluding hydrogens is 184 g/mol. The SMILES string of the molecule is NC(=O)c1cc(O)c2nc(N)[nH]c2c1. The molecule has 6 heteroatoms. The van der Waals surface area contributed by atoms with Crippen LogP contribution in [0.1, 0.15) is 10.4 Å². The van der Waals surface area contributed by atoms with E-state index in [-0.39, 0.29) is 17.3 Å². The van der Waals surface area contributed by atoms with Gasteiger partial charge in [0.05, 0.1) is 5.52 Å². The van der Waals surface area contributed by atoms with E-state index in [0.29, 0.717) is 11.0 Å². The monoisotopic (exact) mass is 192 g/mol. The number of carbonyl (C=O) groups excluding carboxylic acids is 1. The molecule has 0 radical (unpaired) electrons. The van der Waals surface area contributed by atoms with Crippen LogP contribution in [0.2, 0.25) is 0 Å². The smallest absolute Gasteiger partial charge is 0.248 e. The molecule has 0 unspecified atom stereocenters. The number of aromatic nitrogens is 2. The lowest BCUT2D eigenvalue weighted by Gasteiger charge is -1.97. The summed E-state index contributed by atoms with van der Waals surface area (Å²) in [7, 11) is 0. The Bertz CT molecular complexity index is 517. The largest absolute Gasteiger partial charge is 0.506 e. The van der Waals surface area contributed by atoms with Gasteiger partial charge in [0.15, 0.2) is 5.95 Å². The molecule has 0 aliphatic carbocycles. The van der Waals surface area contributed by atoms with Crippen molar-refractivity contribution in [2.75, 3.05) is 5.73 Å². The summed E-state index contributed by atoms with van der Waals surface area (Å²) in [6, 6.07) is 2.74. The van der Waals surface area contributed by atoms with E-state index in [0.717, 1.165) is 0 Å². The molecule has 2 rings (SSSR count). The molecule has 2 aromatic rings. The molecule has 0 bridgehead atoms. The van der Waals surface area contributed by atoms with Crippen LogP contribution >= 0.6 is 0 Å². The fourth-order valence-corrected chi connectivity index (χ4v) is 1.26.